The van der Waals surface area contributed by atoms with E-state index in [4.69, 9.17) is 0 Å². The highest BCUT2D eigenvalue weighted by Gasteiger charge is 2.14. The number of sulfonamides is 1. The predicted molar refractivity (Wildman–Crippen MR) is 86.2 cm³/mol. The van der Waals surface area contributed by atoms with Gasteiger partial charge in [0.2, 0.25) is 10.0 Å². The second-order valence-corrected chi connectivity index (χ2v) is 6.38. The highest BCUT2D eigenvalue weighted by Crippen LogP contribution is 2.06. The van der Waals surface area contributed by atoms with Gasteiger partial charge in [-0.05, 0) is 25.1 Å². The Kier molecular flexibility index (Phi) is 5.56. The number of carbonyl (C=O) groups is 1. The normalized spacial score (nSPS) is 12.0. The molecular formula is C15H16N4O3S. The van der Waals surface area contributed by atoms with Crippen LogP contribution in [0, 0.1) is 0 Å². The molecule has 0 aliphatic rings. The standard InChI is InChI=1S/C15H16N4O3S/c1-12(13-6-5-9-16-10-13)18-19-15(20)11-17-23(21,22)14-7-3-2-4-8-14/h2-10,17H,11H2,1H3,(H,19,20)/b18-12-. The number of hydrogen-bond acceptors (Lipinski definition) is 5. The van der Waals surface area contributed by atoms with Gasteiger partial charge in [-0.3, -0.25) is 9.78 Å². The van der Waals surface area contributed by atoms with Crippen LogP contribution in [0.2, 0.25) is 0 Å². The smallest absolute Gasteiger partial charge is 0.255 e. The first kappa shape index (κ1) is 16.8. The van der Waals surface area contributed by atoms with Crippen LogP contribution in [0.1, 0.15) is 12.5 Å². The molecule has 0 fully saturated rings. The molecule has 0 unspecified atom stereocenters. The van der Waals surface area contributed by atoms with Crippen LogP contribution >= 0.6 is 0 Å². The molecule has 0 bridgehead atoms. The Hall–Kier alpha value is -2.58. The molecule has 23 heavy (non-hydrogen) atoms. The second kappa shape index (κ2) is 7.61. The molecular weight excluding hydrogens is 316 g/mol. The summed E-state index contributed by atoms with van der Waals surface area (Å²) in [7, 11) is -3.72. The van der Waals surface area contributed by atoms with Gasteiger partial charge in [0.1, 0.15) is 0 Å². The van der Waals surface area contributed by atoms with Crippen molar-refractivity contribution in [2.45, 2.75) is 11.8 Å². The zero-order chi connectivity index (χ0) is 16.7. The van der Waals surface area contributed by atoms with Crippen LogP contribution < -0.4 is 10.1 Å². The number of carbonyl (C=O) groups excluding carboxylic acids is 1. The van der Waals surface area contributed by atoms with Crippen molar-refractivity contribution in [3.63, 3.8) is 0 Å². The second-order valence-electron chi connectivity index (χ2n) is 4.61. The van der Waals surface area contributed by atoms with Gasteiger partial charge in [0.05, 0.1) is 17.2 Å². The Morgan fingerprint density at radius 1 is 1.17 bits per heavy atom. The van der Waals surface area contributed by atoms with Gasteiger partial charge in [-0.15, -0.1) is 0 Å². The summed E-state index contributed by atoms with van der Waals surface area (Å²) in [6, 6.07) is 11.4. The van der Waals surface area contributed by atoms with E-state index in [0.29, 0.717) is 5.71 Å². The molecule has 120 valence electrons. The highest BCUT2D eigenvalue weighted by molar-refractivity contribution is 7.89. The molecule has 0 atom stereocenters. The average molecular weight is 332 g/mol. The summed E-state index contributed by atoms with van der Waals surface area (Å²) in [5.74, 6) is -0.562. The summed E-state index contributed by atoms with van der Waals surface area (Å²) in [5.41, 5.74) is 3.63. The minimum Gasteiger partial charge on any atom is -0.272 e. The molecule has 0 aliphatic carbocycles. The Morgan fingerprint density at radius 2 is 1.91 bits per heavy atom. The number of hydrazone groups is 1. The first-order chi connectivity index (χ1) is 11.0. The van der Waals surface area contributed by atoms with Gasteiger partial charge in [0, 0.05) is 18.0 Å². The summed E-state index contributed by atoms with van der Waals surface area (Å²) in [4.78, 5) is 15.7. The van der Waals surface area contributed by atoms with E-state index in [-0.39, 0.29) is 4.90 Å². The van der Waals surface area contributed by atoms with E-state index >= 15 is 0 Å². The fraction of sp³-hybridized carbons (Fsp3) is 0.133. The lowest BCUT2D eigenvalue weighted by Crippen LogP contribution is -2.35. The van der Waals surface area contributed by atoms with E-state index in [1.165, 1.54) is 12.1 Å². The van der Waals surface area contributed by atoms with Crippen LogP contribution in [0.5, 0.6) is 0 Å². The fourth-order valence-electron chi connectivity index (χ4n) is 1.67. The molecule has 2 N–H and O–H groups in total. The van der Waals surface area contributed by atoms with Crippen LogP contribution in [0.4, 0.5) is 0 Å². The van der Waals surface area contributed by atoms with Crippen molar-refractivity contribution in [1.29, 1.82) is 0 Å². The van der Waals surface area contributed by atoms with E-state index in [1.54, 1.807) is 49.6 Å². The number of rotatable bonds is 6. The van der Waals surface area contributed by atoms with Crippen LogP contribution in [0.3, 0.4) is 0 Å². The maximum Gasteiger partial charge on any atom is 0.255 e. The highest BCUT2D eigenvalue weighted by atomic mass is 32.2. The first-order valence-corrected chi connectivity index (χ1v) is 8.25. The number of hydrogen-bond donors (Lipinski definition) is 2. The molecule has 0 saturated carbocycles. The third-order valence-corrected chi connectivity index (χ3v) is 4.32. The predicted octanol–water partition coefficient (Wildman–Crippen LogP) is 0.900. The molecule has 2 rings (SSSR count). The van der Waals surface area contributed by atoms with Crippen molar-refractivity contribution < 1.29 is 13.2 Å². The largest absolute Gasteiger partial charge is 0.272 e. The Morgan fingerprint density at radius 3 is 2.57 bits per heavy atom. The van der Waals surface area contributed by atoms with Crippen LogP contribution in [0.15, 0.2) is 64.9 Å². The summed E-state index contributed by atoms with van der Waals surface area (Å²) >= 11 is 0. The van der Waals surface area contributed by atoms with Gasteiger partial charge in [-0.25, -0.2) is 18.6 Å². The van der Waals surface area contributed by atoms with Crippen molar-refractivity contribution in [1.82, 2.24) is 15.1 Å². The zero-order valence-corrected chi connectivity index (χ0v) is 13.2. The minimum atomic E-state index is -3.72. The minimum absolute atomic E-state index is 0.0999. The van der Waals surface area contributed by atoms with E-state index in [0.717, 1.165) is 5.56 Å². The quantitative estimate of drug-likeness (QED) is 0.606. The van der Waals surface area contributed by atoms with E-state index < -0.39 is 22.5 Å². The average Bonchev–Trinajstić information content (AvgIpc) is 2.59. The topological polar surface area (TPSA) is 101 Å². The zero-order valence-electron chi connectivity index (χ0n) is 12.4. The lowest BCUT2D eigenvalue weighted by molar-refractivity contribution is -0.119. The van der Waals surface area contributed by atoms with Gasteiger partial charge >= 0.3 is 0 Å². The van der Waals surface area contributed by atoms with Crippen molar-refractivity contribution in [2.75, 3.05) is 6.54 Å². The lowest BCUT2D eigenvalue weighted by Gasteiger charge is -2.06. The van der Waals surface area contributed by atoms with E-state index in [1.807, 2.05) is 0 Å². The Labute approximate surface area is 134 Å². The Balaban J connectivity index is 1.91. The molecule has 0 aliphatic heterocycles. The van der Waals surface area contributed by atoms with Crippen LogP contribution in [-0.2, 0) is 14.8 Å². The maximum absolute atomic E-state index is 12.0. The molecule has 0 spiro atoms. The fourth-order valence-corrected chi connectivity index (χ4v) is 2.67. The summed E-state index contributed by atoms with van der Waals surface area (Å²) in [5, 5.41) is 3.91. The van der Waals surface area contributed by atoms with E-state index in [2.05, 4.69) is 20.2 Å². The molecule has 1 heterocycles. The lowest BCUT2D eigenvalue weighted by atomic mass is 10.2. The molecule has 8 heteroatoms. The number of nitrogens with one attached hydrogen (secondary N) is 2. The summed E-state index contributed by atoms with van der Waals surface area (Å²) < 4.78 is 26.1. The number of pyridine rings is 1. The molecule has 0 radical (unpaired) electrons. The molecule has 0 saturated heterocycles. The van der Waals surface area contributed by atoms with Crippen molar-refractivity contribution >= 4 is 21.6 Å². The van der Waals surface area contributed by atoms with Crippen molar-refractivity contribution in [3.8, 4) is 0 Å². The monoisotopic (exact) mass is 332 g/mol. The number of benzene rings is 1. The van der Waals surface area contributed by atoms with Crippen molar-refractivity contribution in [3.05, 3.63) is 60.4 Å². The SMILES string of the molecule is C/C(=N/NC(=O)CNS(=O)(=O)c1ccccc1)c1cccnc1. The number of nitrogens with zero attached hydrogens (tertiary/aromatic N) is 2. The third-order valence-electron chi connectivity index (χ3n) is 2.90. The maximum atomic E-state index is 12.0. The summed E-state index contributed by atoms with van der Waals surface area (Å²) in [6.45, 7) is 1.31. The van der Waals surface area contributed by atoms with Crippen LogP contribution in [0.25, 0.3) is 0 Å². The first-order valence-electron chi connectivity index (χ1n) is 6.77. The molecule has 1 aromatic heterocycles. The molecule has 1 aromatic carbocycles. The molecule has 7 nitrogen and oxygen atoms in total. The Bertz CT molecular complexity index is 790. The molecule has 2 aromatic rings. The third kappa shape index (κ3) is 4.97. The van der Waals surface area contributed by atoms with Gasteiger partial charge in [-0.2, -0.15) is 5.10 Å². The van der Waals surface area contributed by atoms with Crippen molar-refractivity contribution in [2.24, 2.45) is 5.10 Å². The number of amides is 1. The van der Waals surface area contributed by atoms with Gasteiger partial charge in [-0.1, -0.05) is 24.3 Å². The van der Waals surface area contributed by atoms with Gasteiger partial charge < -0.3 is 0 Å². The summed E-state index contributed by atoms with van der Waals surface area (Å²) in [6.07, 6.45) is 3.25. The van der Waals surface area contributed by atoms with Gasteiger partial charge in [0.15, 0.2) is 0 Å². The van der Waals surface area contributed by atoms with Crippen LogP contribution in [-0.4, -0.2) is 31.6 Å². The molecule has 1 amide bonds. The number of aromatic nitrogens is 1. The van der Waals surface area contributed by atoms with Gasteiger partial charge in [0.25, 0.3) is 5.91 Å². The van der Waals surface area contributed by atoms with E-state index in [9.17, 15) is 13.2 Å².